The zero-order valence-electron chi connectivity index (χ0n) is 12.1. The average Bonchev–Trinajstić information content (AvgIpc) is 2.40. The van der Waals surface area contributed by atoms with Crippen LogP contribution in [0, 0.1) is 5.92 Å². The van der Waals surface area contributed by atoms with Crippen LogP contribution in [0.25, 0.3) is 0 Å². The normalized spacial score (nSPS) is 22.2. The maximum atomic E-state index is 12.1. The molecule has 1 aliphatic rings. The van der Waals surface area contributed by atoms with Crippen LogP contribution in [0.15, 0.2) is 0 Å². The Morgan fingerprint density at radius 2 is 1.94 bits per heavy atom. The summed E-state index contributed by atoms with van der Waals surface area (Å²) in [6, 6.07) is 0. The van der Waals surface area contributed by atoms with Gasteiger partial charge in [0.05, 0.1) is 12.5 Å². The maximum Gasteiger partial charge on any atom is 0.312 e. The summed E-state index contributed by atoms with van der Waals surface area (Å²) >= 11 is 0. The Bertz CT molecular complexity index is 265. The van der Waals surface area contributed by atoms with Gasteiger partial charge < -0.3 is 10.5 Å². The minimum Gasteiger partial charge on any atom is -0.466 e. The van der Waals surface area contributed by atoms with E-state index in [0.29, 0.717) is 13.2 Å². The second-order valence-corrected chi connectivity index (χ2v) is 5.30. The molecule has 0 aromatic rings. The van der Waals surface area contributed by atoms with Crippen LogP contribution in [0.5, 0.6) is 0 Å². The van der Waals surface area contributed by atoms with Crippen LogP contribution < -0.4 is 5.73 Å². The summed E-state index contributed by atoms with van der Waals surface area (Å²) in [6.07, 6.45) is 4.65. The Morgan fingerprint density at radius 1 is 1.33 bits per heavy atom. The third-order valence-corrected chi connectivity index (χ3v) is 4.35. The van der Waals surface area contributed by atoms with Gasteiger partial charge in [0.15, 0.2) is 0 Å². The molecule has 1 rings (SSSR count). The molecule has 2 atom stereocenters. The number of piperidine rings is 1. The van der Waals surface area contributed by atoms with Gasteiger partial charge in [-0.2, -0.15) is 0 Å². The van der Waals surface area contributed by atoms with E-state index in [4.69, 9.17) is 10.5 Å². The van der Waals surface area contributed by atoms with Crippen molar-refractivity contribution in [2.45, 2.75) is 52.0 Å². The van der Waals surface area contributed by atoms with E-state index in [2.05, 4.69) is 18.7 Å². The largest absolute Gasteiger partial charge is 0.466 e. The van der Waals surface area contributed by atoms with Gasteiger partial charge in [0.2, 0.25) is 0 Å². The fourth-order valence-corrected chi connectivity index (χ4v) is 2.94. The van der Waals surface area contributed by atoms with Crippen molar-refractivity contribution in [1.29, 1.82) is 0 Å². The van der Waals surface area contributed by atoms with Crippen LogP contribution in [0.1, 0.15) is 46.5 Å². The van der Waals surface area contributed by atoms with Gasteiger partial charge in [-0.15, -0.1) is 0 Å². The van der Waals surface area contributed by atoms with Crippen molar-refractivity contribution >= 4 is 5.97 Å². The van der Waals surface area contributed by atoms with Gasteiger partial charge in [-0.05, 0) is 46.2 Å². The number of nitrogens with two attached hydrogens (primary N) is 1. The molecular weight excluding hydrogens is 228 g/mol. The third kappa shape index (κ3) is 3.23. The Morgan fingerprint density at radius 3 is 2.39 bits per heavy atom. The first kappa shape index (κ1) is 15.4. The molecule has 0 saturated carbocycles. The molecule has 106 valence electrons. The summed E-state index contributed by atoms with van der Waals surface area (Å²) in [6.45, 7) is 9.06. The monoisotopic (exact) mass is 256 g/mol. The van der Waals surface area contributed by atoms with Crippen LogP contribution in [0.2, 0.25) is 0 Å². The first-order chi connectivity index (χ1) is 8.60. The molecule has 1 heterocycles. The molecule has 2 N–H and O–H groups in total. The molecule has 0 aromatic carbocycles. The van der Waals surface area contributed by atoms with E-state index in [9.17, 15) is 4.79 Å². The van der Waals surface area contributed by atoms with Crippen molar-refractivity contribution in [2.75, 3.05) is 26.2 Å². The Kier molecular flexibility index (Phi) is 6.09. The third-order valence-electron chi connectivity index (χ3n) is 4.35. The number of carbonyl (C=O) groups excluding carboxylic acids is 1. The van der Waals surface area contributed by atoms with E-state index in [1.165, 1.54) is 19.3 Å². The summed E-state index contributed by atoms with van der Waals surface area (Å²) in [5.41, 5.74) is 5.68. The smallest absolute Gasteiger partial charge is 0.312 e. The zero-order chi connectivity index (χ0) is 13.6. The number of hydrogen-bond donors (Lipinski definition) is 1. The molecule has 18 heavy (non-hydrogen) atoms. The molecule has 1 fully saturated rings. The van der Waals surface area contributed by atoms with Crippen LogP contribution in [-0.2, 0) is 9.53 Å². The van der Waals surface area contributed by atoms with Gasteiger partial charge >= 0.3 is 5.97 Å². The first-order valence-electron chi connectivity index (χ1n) is 7.21. The van der Waals surface area contributed by atoms with Crippen LogP contribution in [0.4, 0.5) is 0 Å². The molecule has 1 saturated heterocycles. The van der Waals surface area contributed by atoms with Gasteiger partial charge in [-0.1, -0.05) is 13.3 Å². The summed E-state index contributed by atoms with van der Waals surface area (Å²) in [7, 11) is 0. The molecule has 1 aliphatic heterocycles. The molecule has 2 unspecified atom stereocenters. The highest BCUT2D eigenvalue weighted by Crippen LogP contribution is 2.31. The number of likely N-dealkylation sites (tertiary alicyclic amines) is 1. The second-order valence-electron chi connectivity index (χ2n) is 5.30. The molecule has 0 aliphatic carbocycles. The standard InChI is InChI=1S/C14H28N2O2/c1-4-14(3,16-9-7-6-8-10-16)12(11-15)13(17)18-5-2/h12H,4-11,15H2,1-3H3. The molecule has 0 amide bonds. The minimum atomic E-state index is -0.222. The molecule has 4 heteroatoms. The predicted octanol–water partition coefficient (Wildman–Crippen LogP) is 1.78. The van der Waals surface area contributed by atoms with Crippen molar-refractivity contribution in [1.82, 2.24) is 4.90 Å². The van der Waals surface area contributed by atoms with Gasteiger partial charge in [0.25, 0.3) is 0 Å². The molecule has 0 radical (unpaired) electrons. The van der Waals surface area contributed by atoms with Gasteiger partial charge in [0.1, 0.15) is 0 Å². The Hall–Kier alpha value is -0.610. The highest BCUT2D eigenvalue weighted by molar-refractivity contribution is 5.74. The lowest BCUT2D eigenvalue weighted by Crippen LogP contribution is -2.57. The van der Waals surface area contributed by atoms with Gasteiger partial charge in [-0.3, -0.25) is 9.69 Å². The second kappa shape index (κ2) is 7.10. The number of carbonyl (C=O) groups is 1. The number of ether oxygens (including phenoxy) is 1. The summed E-state index contributed by atoms with van der Waals surface area (Å²) in [4.78, 5) is 14.5. The first-order valence-corrected chi connectivity index (χ1v) is 7.21. The van der Waals surface area contributed by atoms with E-state index in [0.717, 1.165) is 19.5 Å². The molecule has 0 spiro atoms. The van der Waals surface area contributed by atoms with Gasteiger partial charge in [-0.25, -0.2) is 0 Å². The zero-order valence-corrected chi connectivity index (χ0v) is 12.1. The quantitative estimate of drug-likeness (QED) is 0.736. The summed E-state index contributed by atoms with van der Waals surface area (Å²) < 4.78 is 5.19. The van der Waals surface area contributed by atoms with Crippen molar-refractivity contribution < 1.29 is 9.53 Å². The number of esters is 1. The van der Waals surface area contributed by atoms with Crippen molar-refractivity contribution in [3.8, 4) is 0 Å². The highest BCUT2D eigenvalue weighted by Gasteiger charge is 2.42. The Labute approximate surface area is 111 Å². The number of hydrogen-bond acceptors (Lipinski definition) is 4. The molecule has 0 bridgehead atoms. The average molecular weight is 256 g/mol. The van der Waals surface area contributed by atoms with Crippen molar-refractivity contribution in [2.24, 2.45) is 11.7 Å². The molecule has 4 nitrogen and oxygen atoms in total. The fraction of sp³-hybridized carbons (Fsp3) is 0.929. The lowest BCUT2D eigenvalue weighted by Gasteiger charge is -2.46. The number of nitrogens with zero attached hydrogens (tertiary/aromatic N) is 1. The fourth-order valence-electron chi connectivity index (χ4n) is 2.94. The summed E-state index contributed by atoms with van der Waals surface area (Å²) in [5, 5.41) is 0. The van der Waals surface area contributed by atoms with E-state index >= 15 is 0 Å². The van der Waals surface area contributed by atoms with Crippen LogP contribution >= 0.6 is 0 Å². The van der Waals surface area contributed by atoms with Crippen LogP contribution in [0.3, 0.4) is 0 Å². The summed E-state index contributed by atoms with van der Waals surface area (Å²) in [5.74, 6) is -0.365. The van der Waals surface area contributed by atoms with Gasteiger partial charge in [0, 0.05) is 12.1 Å². The lowest BCUT2D eigenvalue weighted by molar-refractivity contribution is -0.154. The minimum absolute atomic E-state index is 0.144. The van der Waals surface area contributed by atoms with E-state index in [1.807, 2.05) is 6.92 Å². The topological polar surface area (TPSA) is 55.6 Å². The van der Waals surface area contributed by atoms with Crippen molar-refractivity contribution in [3.63, 3.8) is 0 Å². The highest BCUT2D eigenvalue weighted by atomic mass is 16.5. The predicted molar refractivity (Wildman–Crippen MR) is 73.3 cm³/mol. The lowest BCUT2D eigenvalue weighted by atomic mass is 9.80. The molecule has 0 aromatic heterocycles. The SMILES string of the molecule is CCOC(=O)C(CN)C(C)(CC)N1CCCCC1. The van der Waals surface area contributed by atoms with E-state index in [1.54, 1.807) is 0 Å². The van der Waals surface area contributed by atoms with Crippen LogP contribution in [-0.4, -0.2) is 42.6 Å². The molecular formula is C14H28N2O2. The van der Waals surface area contributed by atoms with Crippen molar-refractivity contribution in [3.05, 3.63) is 0 Å². The van der Waals surface area contributed by atoms with E-state index in [-0.39, 0.29) is 17.4 Å². The van der Waals surface area contributed by atoms with E-state index < -0.39 is 0 Å². The number of rotatable bonds is 6. The maximum absolute atomic E-state index is 12.1. The Balaban J connectivity index is 2.84.